The van der Waals surface area contributed by atoms with Crippen LogP contribution in [0.15, 0.2) is 60.7 Å². The first-order valence-corrected chi connectivity index (χ1v) is 10.1. The largest absolute Gasteiger partial charge is 0.467 e. The molecule has 7 heteroatoms. The van der Waals surface area contributed by atoms with Gasteiger partial charge in [-0.05, 0) is 31.9 Å². The van der Waals surface area contributed by atoms with E-state index in [2.05, 4.69) is 5.32 Å². The molecule has 0 saturated heterocycles. The number of urea groups is 1. The molecule has 0 saturated carbocycles. The lowest BCUT2D eigenvalue weighted by molar-refractivity contribution is -0.155. The van der Waals surface area contributed by atoms with E-state index in [0.29, 0.717) is 0 Å². The minimum atomic E-state index is -0.892. The van der Waals surface area contributed by atoms with Crippen LogP contribution in [0.1, 0.15) is 31.9 Å². The Bertz CT molecular complexity index is 863. The van der Waals surface area contributed by atoms with Gasteiger partial charge in [-0.2, -0.15) is 0 Å². The number of nitrogens with one attached hydrogen (secondary N) is 1. The summed E-state index contributed by atoms with van der Waals surface area (Å²) < 4.78 is 10.2. The minimum absolute atomic E-state index is 0.186. The fourth-order valence-electron chi connectivity index (χ4n) is 2.96. The maximum Gasteiger partial charge on any atom is 0.328 e. The quantitative estimate of drug-likeness (QED) is 0.655. The molecule has 0 aliphatic heterocycles. The number of hydrogen-bond acceptors (Lipinski definition) is 5. The van der Waals surface area contributed by atoms with Crippen LogP contribution in [-0.4, -0.2) is 48.2 Å². The van der Waals surface area contributed by atoms with Crippen molar-refractivity contribution in [2.75, 3.05) is 13.7 Å². The van der Waals surface area contributed by atoms with Gasteiger partial charge in [0.25, 0.3) is 0 Å². The second kappa shape index (κ2) is 11.2. The molecule has 0 aliphatic carbocycles. The fraction of sp³-hybridized carbons (Fsp3) is 0.375. The standard InChI is InChI=1S/C24H30N2O5/c1-24(2,3)31-21(27)17-26(16-19-13-9-6-10-14-19)23(29)25-20(22(28)30-4)15-18-11-7-5-8-12-18/h5-14,20H,15-17H2,1-4H3,(H,25,29)/t20-/m0/s1. The summed E-state index contributed by atoms with van der Waals surface area (Å²) in [4.78, 5) is 39.1. The van der Waals surface area contributed by atoms with Crippen molar-refractivity contribution in [1.29, 1.82) is 0 Å². The third kappa shape index (κ3) is 8.50. The van der Waals surface area contributed by atoms with E-state index in [0.717, 1.165) is 11.1 Å². The van der Waals surface area contributed by atoms with Gasteiger partial charge in [-0.15, -0.1) is 0 Å². The number of esters is 2. The minimum Gasteiger partial charge on any atom is -0.467 e. The van der Waals surface area contributed by atoms with Crippen LogP contribution in [-0.2, 0) is 32.0 Å². The Balaban J connectivity index is 2.17. The maximum absolute atomic E-state index is 13.1. The van der Waals surface area contributed by atoms with Crippen LogP contribution in [0.4, 0.5) is 4.79 Å². The van der Waals surface area contributed by atoms with E-state index in [-0.39, 0.29) is 19.5 Å². The number of hydrogen-bond donors (Lipinski definition) is 1. The van der Waals surface area contributed by atoms with Gasteiger partial charge in [-0.25, -0.2) is 9.59 Å². The first-order chi connectivity index (χ1) is 14.7. The highest BCUT2D eigenvalue weighted by Gasteiger charge is 2.27. The van der Waals surface area contributed by atoms with Crippen LogP contribution in [0, 0.1) is 0 Å². The van der Waals surface area contributed by atoms with E-state index in [1.54, 1.807) is 20.8 Å². The molecule has 0 bridgehead atoms. The average molecular weight is 427 g/mol. The third-order valence-electron chi connectivity index (χ3n) is 4.31. The normalized spacial score (nSPS) is 11.9. The smallest absolute Gasteiger partial charge is 0.328 e. The Morgan fingerprint density at radius 2 is 1.48 bits per heavy atom. The second-order valence-corrected chi connectivity index (χ2v) is 8.14. The second-order valence-electron chi connectivity index (χ2n) is 8.14. The molecule has 0 heterocycles. The lowest BCUT2D eigenvalue weighted by Crippen LogP contribution is -2.50. The molecule has 2 aromatic rings. The molecule has 2 rings (SSSR count). The summed E-state index contributed by atoms with van der Waals surface area (Å²) in [7, 11) is 1.27. The summed E-state index contributed by atoms with van der Waals surface area (Å²) in [6.45, 7) is 5.22. The van der Waals surface area contributed by atoms with Crippen molar-refractivity contribution < 1.29 is 23.9 Å². The summed E-state index contributed by atoms with van der Waals surface area (Å²) in [5.74, 6) is -1.09. The van der Waals surface area contributed by atoms with Crippen molar-refractivity contribution in [3.8, 4) is 0 Å². The van der Waals surface area contributed by atoms with Gasteiger partial charge in [-0.3, -0.25) is 4.79 Å². The van der Waals surface area contributed by atoms with Gasteiger partial charge in [-0.1, -0.05) is 60.7 Å². The number of methoxy groups -OCH3 is 1. The molecule has 7 nitrogen and oxygen atoms in total. The van der Waals surface area contributed by atoms with Gasteiger partial charge < -0.3 is 19.7 Å². The molecule has 0 spiro atoms. The molecule has 0 aliphatic rings. The van der Waals surface area contributed by atoms with Gasteiger partial charge in [0, 0.05) is 13.0 Å². The number of ether oxygens (including phenoxy) is 2. The SMILES string of the molecule is COC(=O)[C@H](Cc1ccccc1)NC(=O)N(CC(=O)OC(C)(C)C)Cc1ccccc1. The average Bonchev–Trinajstić information content (AvgIpc) is 2.72. The van der Waals surface area contributed by atoms with Crippen LogP contribution < -0.4 is 5.32 Å². The Morgan fingerprint density at radius 1 is 0.935 bits per heavy atom. The van der Waals surface area contributed by atoms with Crippen LogP contribution in [0.25, 0.3) is 0 Å². The fourth-order valence-corrected chi connectivity index (χ4v) is 2.96. The Kier molecular flexibility index (Phi) is 8.61. The Hall–Kier alpha value is -3.35. The predicted octanol–water partition coefficient (Wildman–Crippen LogP) is 3.32. The lowest BCUT2D eigenvalue weighted by atomic mass is 10.1. The Labute approximate surface area is 183 Å². The summed E-state index contributed by atoms with van der Waals surface area (Å²) in [5.41, 5.74) is 1.05. The van der Waals surface area contributed by atoms with Crippen molar-refractivity contribution in [1.82, 2.24) is 10.2 Å². The van der Waals surface area contributed by atoms with E-state index in [1.807, 2.05) is 60.7 Å². The topological polar surface area (TPSA) is 84.9 Å². The molecule has 2 amide bonds. The van der Waals surface area contributed by atoms with Crippen LogP contribution in [0.3, 0.4) is 0 Å². The number of carbonyl (C=O) groups excluding carboxylic acids is 3. The third-order valence-corrected chi connectivity index (χ3v) is 4.31. The molecule has 31 heavy (non-hydrogen) atoms. The zero-order valence-electron chi connectivity index (χ0n) is 18.5. The van der Waals surface area contributed by atoms with Gasteiger partial charge >= 0.3 is 18.0 Å². The van der Waals surface area contributed by atoms with Gasteiger partial charge in [0.1, 0.15) is 18.2 Å². The number of rotatable bonds is 8. The molecule has 2 aromatic carbocycles. The van der Waals surface area contributed by atoms with Gasteiger partial charge in [0.15, 0.2) is 0 Å². The van der Waals surface area contributed by atoms with E-state index in [9.17, 15) is 14.4 Å². The first-order valence-electron chi connectivity index (χ1n) is 10.1. The van der Waals surface area contributed by atoms with E-state index in [4.69, 9.17) is 9.47 Å². The summed E-state index contributed by atoms with van der Waals surface area (Å²) in [6, 6.07) is 17.2. The van der Waals surface area contributed by atoms with Crippen LogP contribution >= 0.6 is 0 Å². The van der Waals surface area contributed by atoms with Crippen LogP contribution in [0.5, 0.6) is 0 Å². The number of benzene rings is 2. The maximum atomic E-state index is 13.1. The van der Waals surface area contributed by atoms with Gasteiger partial charge in [0.05, 0.1) is 7.11 Å². The molecule has 0 radical (unpaired) electrons. The molecule has 0 unspecified atom stereocenters. The monoisotopic (exact) mass is 426 g/mol. The first kappa shape index (κ1) is 23.9. The molecular weight excluding hydrogens is 396 g/mol. The summed E-state index contributed by atoms with van der Waals surface area (Å²) in [6.07, 6.45) is 0.269. The number of nitrogens with zero attached hydrogens (tertiary/aromatic N) is 1. The zero-order valence-corrected chi connectivity index (χ0v) is 18.5. The van der Waals surface area contributed by atoms with E-state index >= 15 is 0 Å². The molecule has 1 N–H and O–H groups in total. The van der Waals surface area contributed by atoms with Crippen molar-refractivity contribution in [3.05, 3.63) is 71.8 Å². The highest BCUT2D eigenvalue weighted by Crippen LogP contribution is 2.11. The summed E-state index contributed by atoms with van der Waals surface area (Å²) in [5, 5.41) is 2.71. The Morgan fingerprint density at radius 3 is 2.00 bits per heavy atom. The highest BCUT2D eigenvalue weighted by atomic mass is 16.6. The van der Waals surface area contributed by atoms with Crippen LogP contribution in [0.2, 0.25) is 0 Å². The van der Waals surface area contributed by atoms with E-state index < -0.39 is 29.6 Å². The number of amides is 2. The van der Waals surface area contributed by atoms with Crippen molar-refractivity contribution in [2.24, 2.45) is 0 Å². The molecular formula is C24H30N2O5. The van der Waals surface area contributed by atoms with Crippen molar-refractivity contribution in [2.45, 2.75) is 45.4 Å². The van der Waals surface area contributed by atoms with Crippen molar-refractivity contribution >= 4 is 18.0 Å². The zero-order chi connectivity index (χ0) is 22.9. The lowest BCUT2D eigenvalue weighted by Gasteiger charge is -2.27. The molecule has 166 valence electrons. The van der Waals surface area contributed by atoms with E-state index in [1.165, 1.54) is 12.0 Å². The number of carbonyl (C=O) groups is 3. The molecule has 0 aromatic heterocycles. The predicted molar refractivity (Wildman–Crippen MR) is 117 cm³/mol. The molecule has 1 atom stereocenters. The highest BCUT2D eigenvalue weighted by molar-refractivity contribution is 5.86. The van der Waals surface area contributed by atoms with Gasteiger partial charge in [0.2, 0.25) is 0 Å². The summed E-state index contributed by atoms with van der Waals surface area (Å²) >= 11 is 0. The van der Waals surface area contributed by atoms with Crippen molar-refractivity contribution in [3.63, 3.8) is 0 Å². The molecule has 0 fully saturated rings.